The van der Waals surface area contributed by atoms with Crippen LogP contribution in [0.5, 0.6) is 5.75 Å². The van der Waals surface area contributed by atoms with Gasteiger partial charge in [0.1, 0.15) is 11.3 Å². The quantitative estimate of drug-likeness (QED) is 0.722. The van der Waals surface area contributed by atoms with E-state index in [1.807, 2.05) is 13.0 Å². The third kappa shape index (κ3) is 3.78. The standard InChI is InChI=1S/C19H16ClN3O4/c1-11-3-8-16(27-2)15(9-11)22-17(24)14-10-21-19(26)23(18(14)25)13-6-4-12(20)5-7-13/h3-10H,1-2H3,(H,21,26)(H,22,24). The number of H-pyrrole nitrogens is 1. The fourth-order valence-corrected chi connectivity index (χ4v) is 2.70. The Kier molecular flexibility index (Phi) is 5.14. The number of carbonyl (C=O) groups is 1. The Labute approximate surface area is 159 Å². The maximum absolute atomic E-state index is 12.7. The number of aromatic amines is 1. The number of methoxy groups -OCH3 is 1. The van der Waals surface area contributed by atoms with Gasteiger partial charge in [0.25, 0.3) is 11.5 Å². The van der Waals surface area contributed by atoms with Crippen molar-refractivity contribution in [3.63, 3.8) is 0 Å². The Morgan fingerprint density at radius 2 is 1.85 bits per heavy atom. The van der Waals surface area contributed by atoms with E-state index in [2.05, 4.69) is 10.3 Å². The molecule has 0 saturated carbocycles. The number of nitrogens with one attached hydrogen (secondary N) is 2. The van der Waals surface area contributed by atoms with Crippen molar-refractivity contribution in [3.05, 3.63) is 85.6 Å². The average molecular weight is 386 g/mol. The molecule has 138 valence electrons. The van der Waals surface area contributed by atoms with Gasteiger partial charge in [0, 0.05) is 11.2 Å². The first-order valence-electron chi connectivity index (χ1n) is 7.97. The van der Waals surface area contributed by atoms with Crippen LogP contribution in [0.4, 0.5) is 5.69 Å². The summed E-state index contributed by atoms with van der Waals surface area (Å²) >= 11 is 5.84. The van der Waals surface area contributed by atoms with Crippen molar-refractivity contribution < 1.29 is 9.53 Å². The Morgan fingerprint density at radius 1 is 1.15 bits per heavy atom. The van der Waals surface area contributed by atoms with E-state index in [9.17, 15) is 14.4 Å². The maximum atomic E-state index is 12.7. The molecule has 2 N–H and O–H groups in total. The summed E-state index contributed by atoms with van der Waals surface area (Å²) in [7, 11) is 1.48. The molecule has 8 heteroatoms. The van der Waals surface area contributed by atoms with Crippen molar-refractivity contribution in [3.8, 4) is 11.4 Å². The third-order valence-corrected chi connectivity index (χ3v) is 4.16. The van der Waals surface area contributed by atoms with E-state index >= 15 is 0 Å². The smallest absolute Gasteiger partial charge is 0.333 e. The van der Waals surface area contributed by atoms with Gasteiger partial charge in [-0.2, -0.15) is 0 Å². The predicted molar refractivity (Wildman–Crippen MR) is 103 cm³/mol. The molecule has 3 aromatic rings. The van der Waals surface area contributed by atoms with Crippen molar-refractivity contribution >= 4 is 23.2 Å². The molecule has 0 fully saturated rings. The molecule has 1 amide bonds. The first-order chi connectivity index (χ1) is 12.9. The van der Waals surface area contributed by atoms with Gasteiger partial charge in [-0.05, 0) is 48.9 Å². The molecule has 0 aliphatic heterocycles. The van der Waals surface area contributed by atoms with E-state index in [4.69, 9.17) is 16.3 Å². The Balaban J connectivity index is 2.03. The lowest BCUT2D eigenvalue weighted by atomic mass is 10.2. The first-order valence-corrected chi connectivity index (χ1v) is 8.35. The highest BCUT2D eigenvalue weighted by Crippen LogP contribution is 2.25. The zero-order valence-corrected chi connectivity index (χ0v) is 15.3. The number of hydrogen-bond acceptors (Lipinski definition) is 4. The fraction of sp³-hybridized carbons (Fsp3) is 0.105. The van der Waals surface area contributed by atoms with E-state index < -0.39 is 17.2 Å². The molecule has 2 aromatic carbocycles. The highest BCUT2D eigenvalue weighted by Gasteiger charge is 2.17. The van der Waals surface area contributed by atoms with Crippen molar-refractivity contribution in [1.29, 1.82) is 0 Å². The molecule has 0 saturated heterocycles. The van der Waals surface area contributed by atoms with Crippen LogP contribution >= 0.6 is 11.6 Å². The maximum Gasteiger partial charge on any atom is 0.333 e. The minimum absolute atomic E-state index is 0.215. The van der Waals surface area contributed by atoms with Crippen LogP contribution in [0.1, 0.15) is 15.9 Å². The van der Waals surface area contributed by atoms with Crippen LogP contribution in [-0.4, -0.2) is 22.6 Å². The highest BCUT2D eigenvalue weighted by molar-refractivity contribution is 6.30. The highest BCUT2D eigenvalue weighted by atomic mass is 35.5. The summed E-state index contributed by atoms with van der Waals surface area (Å²) in [6, 6.07) is 11.4. The predicted octanol–water partition coefficient (Wildman–Crippen LogP) is 2.75. The Hall–Kier alpha value is -3.32. The third-order valence-electron chi connectivity index (χ3n) is 3.91. The molecule has 0 radical (unpaired) electrons. The molecule has 1 aromatic heterocycles. The van der Waals surface area contributed by atoms with Crippen LogP contribution < -0.4 is 21.3 Å². The Bertz CT molecular complexity index is 1120. The van der Waals surface area contributed by atoms with E-state index in [0.29, 0.717) is 22.1 Å². The van der Waals surface area contributed by atoms with Crippen LogP contribution in [0.2, 0.25) is 5.02 Å². The molecule has 0 bridgehead atoms. The molecular weight excluding hydrogens is 370 g/mol. The van der Waals surface area contributed by atoms with Crippen molar-refractivity contribution in [1.82, 2.24) is 9.55 Å². The van der Waals surface area contributed by atoms with Gasteiger partial charge in [0.15, 0.2) is 0 Å². The van der Waals surface area contributed by atoms with Gasteiger partial charge < -0.3 is 15.0 Å². The number of aryl methyl sites for hydroxylation is 1. The van der Waals surface area contributed by atoms with E-state index in [-0.39, 0.29) is 5.56 Å². The Morgan fingerprint density at radius 3 is 2.52 bits per heavy atom. The minimum Gasteiger partial charge on any atom is -0.495 e. The lowest BCUT2D eigenvalue weighted by Crippen LogP contribution is -2.38. The van der Waals surface area contributed by atoms with Crippen LogP contribution in [0, 0.1) is 6.92 Å². The van der Waals surface area contributed by atoms with E-state index in [1.54, 1.807) is 24.3 Å². The van der Waals surface area contributed by atoms with Crippen molar-refractivity contribution in [2.24, 2.45) is 0 Å². The lowest BCUT2D eigenvalue weighted by molar-refractivity contribution is 0.102. The zero-order chi connectivity index (χ0) is 19.6. The molecule has 27 heavy (non-hydrogen) atoms. The lowest BCUT2D eigenvalue weighted by Gasteiger charge is -2.11. The van der Waals surface area contributed by atoms with Gasteiger partial charge in [-0.3, -0.25) is 9.59 Å². The second-order valence-electron chi connectivity index (χ2n) is 5.78. The normalized spacial score (nSPS) is 10.5. The number of nitrogens with zero attached hydrogens (tertiary/aromatic N) is 1. The van der Waals surface area contributed by atoms with Gasteiger partial charge in [-0.15, -0.1) is 0 Å². The monoisotopic (exact) mass is 385 g/mol. The van der Waals surface area contributed by atoms with Gasteiger partial charge in [0.2, 0.25) is 0 Å². The molecule has 1 heterocycles. The second kappa shape index (κ2) is 7.51. The molecule has 3 rings (SSSR count). The SMILES string of the molecule is COc1ccc(C)cc1NC(=O)c1c[nH]c(=O)n(-c2ccc(Cl)cc2)c1=O. The number of benzene rings is 2. The van der Waals surface area contributed by atoms with Crippen molar-refractivity contribution in [2.75, 3.05) is 12.4 Å². The van der Waals surface area contributed by atoms with Gasteiger partial charge >= 0.3 is 5.69 Å². The number of anilines is 1. The van der Waals surface area contributed by atoms with Crippen LogP contribution in [0.15, 0.2) is 58.3 Å². The molecular formula is C19H16ClN3O4. The van der Waals surface area contributed by atoms with Crippen molar-refractivity contribution in [2.45, 2.75) is 6.92 Å². The van der Waals surface area contributed by atoms with Crippen LogP contribution in [0.25, 0.3) is 5.69 Å². The largest absolute Gasteiger partial charge is 0.495 e. The summed E-state index contributed by atoms with van der Waals surface area (Å²) in [5.74, 6) is -0.209. The number of amides is 1. The molecule has 0 unspecified atom stereocenters. The summed E-state index contributed by atoms with van der Waals surface area (Å²) in [5, 5.41) is 3.11. The molecule has 0 spiro atoms. The van der Waals surface area contributed by atoms with Crippen LogP contribution in [0.3, 0.4) is 0 Å². The number of carbonyl (C=O) groups excluding carboxylic acids is 1. The summed E-state index contributed by atoms with van der Waals surface area (Å²) in [4.78, 5) is 39.9. The van der Waals surface area contributed by atoms with Gasteiger partial charge in [-0.1, -0.05) is 17.7 Å². The molecule has 0 aliphatic rings. The summed E-state index contributed by atoms with van der Waals surface area (Å²) in [6.07, 6.45) is 1.09. The minimum atomic E-state index is -0.745. The van der Waals surface area contributed by atoms with Crippen LogP contribution in [-0.2, 0) is 0 Å². The summed E-state index contributed by atoms with van der Waals surface area (Å²) in [5.41, 5.74) is 0.0102. The zero-order valence-electron chi connectivity index (χ0n) is 14.6. The molecule has 7 nitrogen and oxygen atoms in total. The summed E-state index contributed by atoms with van der Waals surface area (Å²) < 4.78 is 6.10. The second-order valence-corrected chi connectivity index (χ2v) is 6.22. The average Bonchev–Trinajstić information content (AvgIpc) is 2.63. The number of rotatable bonds is 4. The van der Waals surface area contributed by atoms with Gasteiger partial charge in [0.05, 0.1) is 18.5 Å². The number of hydrogen-bond donors (Lipinski definition) is 2. The van der Waals surface area contributed by atoms with E-state index in [0.717, 1.165) is 16.3 Å². The van der Waals surface area contributed by atoms with Gasteiger partial charge in [-0.25, -0.2) is 9.36 Å². The molecule has 0 atom stereocenters. The summed E-state index contributed by atoms with van der Waals surface area (Å²) in [6.45, 7) is 1.86. The van der Waals surface area contributed by atoms with E-state index in [1.165, 1.54) is 19.2 Å². The fourth-order valence-electron chi connectivity index (χ4n) is 2.57. The number of aromatic nitrogens is 2. The molecule has 0 aliphatic carbocycles. The topological polar surface area (TPSA) is 93.2 Å². The number of ether oxygens (including phenoxy) is 1. The number of halogens is 1. The first kappa shape index (κ1) is 18.5.